The molecular weight excluding hydrogens is 879 g/mol. The SMILES string of the molecule is c1ccc(-c2cccc(-c3cc4c(cc3N(c3ccc5c(c3)C3(CCCC3)c3ccccc3-5)c3ccc5c6ccccc6c6ccccc6c5c3)C3(c5ccccc5-c5ccccc53)c3ccccc3-4)c2)cc1. The van der Waals surface area contributed by atoms with Crippen LogP contribution < -0.4 is 4.90 Å². The van der Waals surface area contributed by atoms with Crippen molar-refractivity contribution in [1.29, 1.82) is 0 Å². The normalized spacial score (nSPS) is 14.8. The van der Waals surface area contributed by atoms with Gasteiger partial charge in [0.05, 0.1) is 11.1 Å². The van der Waals surface area contributed by atoms with E-state index in [4.69, 9.17) is 0 Å². The van der Waals surface area contributed by atoms with Gasteiger partial charge in [-0.25, -0.2) is 0 Å². The van der Waals surface area contributed by atoms with Gasteiger partial charge in [-0.1, -0.05) is 219 Å². The molecule has 16 rings (SSSR count). The van der Waals surface area contributed by atoms with Crippen molar-refractivity contribution >= 4 is 49.4 Å². The van der Waals surface area contributed by atoms with Crippen LogP contribution in [0, 0.1) is 0 Å². The minimum absolute atomic E-state index is 0.000139. The van der Waals surface area contributed by atoms with E-state index in [1.54, 1.807) is 0 Å². The van der Waals surface area contributed by atoms with Crippen molar-refractivity contribution in [2.45, 2.75) is 36.5 Å². The summed E-state index contributed by atoms with van der Waals surface area (Å²) in [4.78, 5) is 2.64. The van der Waals surface area contributed by atoms with Crippen LogP contribution in [0.5, 0.6) is 0 Å². The molecule has 4 aliphatic rings. The second kappa shape index (κ2) is 15.4. The Bertz CT molecular complexity index is 4200. The van der Waals surface area contributed by atoms with Gasteiger partial charge in [0.25, 0.3) is 0 Å². The summed E-state index contributed by atoms with van der Waals surface area (Å²) in [6.07, 6.45) is 4.83. The quantitative estimate of drug-likeness (QED) is 0.156. The second-order valence-corrected chi connectivity index (χ2v) is 21.0. The molecule has 0 heterocycles. The Kier molecular flexibility index (Phi) is 8.61. The molecule has 1 heteroatoms. The predicted molar refractivity (Wildman–Crippen MR) is 305 cm³/mol. The summed E-state index contributed by atoms with van der Waals surface area (Å²) in [5, 5.41) is 7.64. The van der Waals surface area contributed by atoms with Crippen molar-refractivity contribution in [3.63, 3.8) is 0 Å². The zero-order valence-corrected chi connectivity index (χ0v) is 40.4. The summed E-state index contributed by atoms with van der Waals surface area (Å²) in [5.74, 6) is 0. The van der Waals surface area contributed by atoms with E-state index in [1.807, 2.05) is 0 Å². The molecule has 0 atom stereocenters. The number of rotatable bonds is 5. The lowest BCUT2D eigenvalue weighted by molar-refractivity contribution is 0.550. The summed E-state index contributed by atoms with van der Waals surface area (Å²) < 4.78 is 0. The van der Waals surface area contributed by atoms with E-state index in [0.717, 1.165) is 5.69 Å². The molecule has 73 heavy (non-hydrogen) atoms. The first-order chi connectivity index (χ1) is 36.2. The molecule has 4 aliphatic carbocycles. The zero-order valence-electron chi connectivity index (χ0n) is 40.4. The highest BCUT2D eigenvalue weighted by Gasteiger charge is 2.52. The highest BCUT2D eigenvalue weighted by Crippen LogP contribution is 2.65. The standard InChI is InChI=1S/C72H49N/c1-2-19-46(20-3-1)47-21-18-22-48(41-47)61-44-63-59-30-11-15-34-67(59)72(65-32-13-9-28-57(65)58-29-10-14-33-66(58)72)69(63)45-70(61)73(50-36-38-60-56-27-8-12-31-64(56)71(68(60)43-50)39-16-17-40-71)49-35-37-55-53-25-5-4-23-51(53)52-24-6-7-26-54(52)62(55)42-49/h1-15,18-38,41-45H,16-17,39-40H2. The number of hydrogen-bond donors (Lipinski definition) is 0. The molecule has 2 spiro atoms. The van der Waals surface area contributed by atoms with E-state index in [-0.39, 0.29) is 5.41 Å². The molecule has 0 radical (unpaired) electrons. The number of hydrogen-bond acceptors (Lipinski definition) is 1. The van der Waals surface area contributed by atoms with Gasteiger partial charge in [0.2, 0.25) is 0 Å². The van der Waals surface area contributed by atoms with Crippen LogP contribution in [0.4, 0.5) is 17.1 Å². The molecule has 0 aromatic heterocycles. The summed E-state index contributed by atoms with van der Waals surface area (Å²) >= 11 is 0. The minimum Gasteiger partial charge on any atom is -0.310 e. The van der Waals surface area contributed by atoms with Crippen molar-refractivity contribution in [3.8, 4) is 55.6 Å². The average molecular weight is 928 g/mol. The number of nitrogens with zero attached hydrogens (tertiary/aromatic N) is 1. The molecule has 0 aliphatic heterocycles. The summed E-state index contributed by atoms with van der Waals surface area (Å²) in [6, 6.07) is 94.9. The van der Waals surface area contributed by atoms with Gasteiger partial charge in [-0.15, -0.1) is 0 Å². The first-order valence-electron chi connectivity index (χ1n) is 26.2. The molecule has 0 N–H and O–H groups in total. The van der Waals surface area contributed by atoms with Crippen LogP contribution in [0.2, 0.25) is 0 Å². The van der Waals surface area contributed by atoms with Gasteiger partial charge in [-0.3, -0.25) is 0 Å². The van der Waals surface area contributed by atoms with Gasteiger partial charge >= 0.3 is 0 Å². The van der Waals surface area contributed by atoms with Gasteiger partial charge in [0, 0.05) is 22.4 Å². The average Bonchev–Trinajstić information content (AvgIpc) is 4.23. The summed E-state index contributed by atoms with van der Waals surface area (Å²) in [6.45, 7) is 0. The van der Waals surface area contributed by atoms with Crippen LogP contribution in [0.1, 0.15) is 59.1 Å². The molecule has 342 valence electrons. The Balaban J connectivity index is 1.04. The Hall–Kier alpha value is -8.78. The molecule has 0 unspecified atom stereocenters. The molecule has 12 aromatic carbocycles. The van der Waals surface area contributed by atoms with Crippen LogP contribution in [0.15, 0.2) is 249 Å². The Morgan fingerprint density at radius 3 is 1.37 bits per heavy atom. The first-order valence-corrected chi connectivity index (χ1v) is 26.2. The van der Waals surface area contributed by atoms with E-state index in [2.05, 4.69) is 254 Å². The van der Waals surface area contributed by atoms with E-state index in [9.17, 15) is 0 Å². The lowest BCUT2D eigenvalue weighted by Crippen LogP contribution is -2.26. The van der Waals surface area contributed by atoms with Gasteiger partial charge in [0.15, 0.2) is 0 Å². The number of anilines is 3. The molecule has 1 fully saturated rings. The Morgan fingerprint density at radius 2 is 0.726 bits per heavy atom. The lowest BCUT2D eigenvalue weighted by Gasteiger charge is -2.34. The summed E-state index contributed by atoms with van der Waals surface area (Å²) in [7, 11) is 0. The lowest BCUT2D eigenvalue weighted by atomic mass is 9.70. The Labute approximate surface area is 426 Å². The van der Waals surface area contributed by atoms with Crippen LogP contribution in [0.25, 0.3) is 88.0 Å². The van der Waals surface area contributed by atoms with E-state index >= 15 is 0 Å². The van der Waals surface area contributed by atoms with Gasteiger partial charge in [0.1, 0.15) is 0 Å². The van der Waals surface area contributed by atoms with E-state index in [0.29, 0.717) is 0 Å². The largest absolute Gasteiger partial charge is 0.310 e. The van der Waals surface area contributed by atoms with Crippen LogP contribution in [-0.4, -0.2) is 0 Å². The molecule has 0 bridgehead atoms. The molecule has 1 nitrogen and oxygen atoms in total. The molecule has 0 saturated heterocycles. The van der Waals surface area contributed by atoms with Crippen molar-refractivity contribution in [2.24, 2.45) is 0 Å². The van der Waals surface area contributed by atoms with Crippen molar-refractivity contribution in [3.05, 3.63) is 282 Å². The third-order valence-electron chi connectivity index (χ3n) is 17.6. The van der Waals surface area contributed by atoms with Gasteiger partial charge in [-0.2, -0.15) is 0 Å². The smallest absolute Gasteiger partial charge is 0.0726 e. The summed E-state index contributed by atoms with van der Waals surface area (Å²) in [5.41, 5.74) is 24.1. The molecule has 0 amide bonds. The van der Waals surface area contributed by atoms with Gasteiger partial charge < -0.3 is 4.90 Å². The maximum absolute atomic E-state index is 2.64. The molecular formula is C72H49N. The predicted octanol–water partition coefficient (Wildman–Crippen LogP) is 19.1. The van der Waals surface area contributed by atoms with E-state index in [1.165, 1.54) is 158 Å². The van der Waals surface area contributed by atoms with Crippen LogP contribution in [0.3, 0.4) is 0 Å². The highest BCUT2D eigenvalue weighted by molar-refractivity contribution is 6.26. The van der Waals surface area contributed by atoms with Crippen LogP contribution >= 0.6 is 0 Å². The van der Waals surface area contributed by atoms with Crippen molar-refractivity contribution in [2.75, 3.05) is 4.90 Å². The fourth-order valence-corrected chi connectivity index (χ4v) is 14.6. The Morgan fingerprint density at radius 1 is 0.260 bits per heavy atom. The van der Waals surface area contributed by atoms with E-state index < -0.39 is 5.41 Å². The maximum Gasteiger partial charge on any atom is 0.0726 e. The highest BCUT2D eigenvalue weighted by atomic mass is 15.1. The first kappa shape index (κ1) is 40.9. The van der Waals surface area contributed by atoms with Crippen LogP contribution in [-0.2, 0) is 10.8 Å². The number of benzene rings is 12. The number of fused-ring (bicyclic) bond motifs is 21. The maximum atomic E-state index is 2.64. The zero-order chi connectivity index (χ0) is 47.8. The third-order valence-corrected chi connectivity index (χ3v) is 17.6. The fourth-order valence-electron chi connectivity index (χ4n) is 14.6. The fraction of sp³-hybridized carbons (Fsp3) is 0.0833. The second-order valence-electron chi connectivity index (χ2n) is 21.0. The third kappa shape index (κ3) is 5.57. The topological polar surface area (TPSA) is 3.24 Å². The molecule has 12 aromatic rings. The van der Waals surface area contributed by atoms with Crippen molar-refractivity contribution < 1.29 is 0 Å². The minimum atomic E-state index is -0.518. The monoisotopic (exact) mass is 927 g/mol. The van der Waals surface area contributed by atoms with Gasteiger partial charge in [-0.05, 0) is 171 Å². The van der Waals surface area contributed by atoms with Crippen molar-refractivity contribution in [1.82, 2.24) is 0 Å². The molecule has 1 saturated carbocycles.